The first-order valence-electron chi connectivity index (χ1n) is 32.7. The van der Waals surface area contributed by atoms with Crippen molar-refractivity contribution in [3.05, 3.63) is 283 Å². The van der Waals surface area contributed by atoms with Crippen LogP contribution in [0, 0.1) is 23.9 Å². The molecular weight excluding hydrogens is 1370 g/mol. The number of esters is 1. The molecule has 1 saturated heterocycles. The maximum atomic E-state index is 12.0. The highest BCUT2D eigenvalue weighted by Crippen LogP contribution is 2.27. The molecule has 0 spiro atoms. The number of halogens is 1. The number of hydrazone groups is 4. The van der Waals surface area contributed by atoms with Crippen molar-refractivity contribution in [2.75, 3.05) is 31.7 Å². The van der Waals surface area contributed by atoms with Gasteiger partial charge in [-0.2, -0.15) is 30.4 Å². The highest BCUT2D eigenvalue weighted by Gasteiger charge is 2.31. The van der Waals surface area contributed by atoms with Gasteiger partial charge in [-0.15, -0.1) is 0 Å². The van der Waals surface area contributed by atoms with Crippen molar-refractivity contribution in [2.24, 2.45) is 36.9 Å². The van der Waals surface area contributed by atoms with Gasteiger partial charge in [0.15, 0.2) is 5.71 Å². The maximum Gasteiger partial charge on any atom is 0.355 e. The molecule has 5 aliphatic rings. The number of ether oxygens (including phenoxy) is 1. The van der Waals surface area contributed by atoms with Crippen molar-refractivity contribution in [3.8, 4) is 23.9 Å². The quantitative estimate of drug-likeness (QED) is 0.0405. The number of nitrogens with one attached hydrogen (secondary N) is 2. The van der Waals surface area contributed by atoms with Gasteiger partial charge in [-0.3, -0.25) is 48.8 Å². The second kappa shape index (κ2) is 40.2. The van der Waals surface area contributed by atoms with Gasteiger partial charge in [0.2, 0.25) is 11.7 Å². The fraction of sp³-hybridized carbons (Fsp3) is 0.113. The number of carbonyl (C=O) groups excluding carboxylic acids is 9. The molecule has 25 nitrogen and oxygen atoms in total. The molecule has 8 aromatic carbocycles. The minimum atomic E-state index is -0.528. The van der Waals surface area contributed by atoms with E-state index in [1.807, 2.05) is 183 Å². The van der Waals surface area contributed by atoms with Crippen LogP contribution in [0.3, 0.4) is 0 Å². The van der Waals surface area contributed by atoms with Crippen molar-refractivity contribution in [1.82, 2.24) is 15.7 Å². The second-order valence-electron chi connectivity index (χ2n) is 22.3. The third-order valence-electron chi connectivity index (χ3n) is 14.4. The number of hydrogen-bond donors (Lipinski definition) is 4. The number of pyridine rings is 1. The lowest BCUT2D eigenvalue weighted by Gasteiger charge is -2.15. The van der Waals surface area contributed by atoms with Crippen LogP contribution in [-0.2, 0) is 38.3 Å². The van der Waals surface area contributed by atoms with Crippen molar-refractivity contribution >= 4 is 128 Å². The molecule has 9 aromatic rings. The molecule has 0 atom stereocenters. The molecule has 0 aliphatic carbocycles. The summed E-state index contributed by atoms with van der Waals surface area (Å²) in [5, 5.41) is 26.6. The molecule has 1 aromatic heterocycles. The van der Waals surface area contributed by atoms with Gasteiger partial charge >= 0.3 is 5.97 Å². The van der Waals surface area contributed by atoms with E-state index in [1.54, 1.807) is 91.9 Å². The van der Waals surface area contributed by atoms with Crippen LogP contribution in [0.4, 0.5) is 34.1 Å². The molecule has 106 heavy (non-hydrogen) atoms. The molecule has 0 unspecified atom stereocenters. The standard InChI is InChI=1S/C15H12ClN3O.C15H12N2O.C12H12N2O3.C11H11N3O2.C10H10N2O.C9H7NO.C8H6N2O/c16-12-8-4-5-9-13(12)17-14-10-15(20)19(18-14)11-6-2-1-3-7-11;18-15-11-14(12-7-3-1-4-8-12)16-17(15)13-9-5-2-6-10-13;1-2-17-12(16)10-8-11(15)14(13-10)9-6-4-3-5-7-9;1-8(15)12-10-7-11(16)14(13-10)9-5-3-2-4-6-9;1-8-7-10(13)12(11-8)9-5-3-2-4-6-9;10-7-6-9(11)8-4-2-1-3-5-8;9-5-4-8(11)7-3-1-2-6-10-7/h1-9H,10H2,(H,17,18);1-10H,11H2;3-7H,2,8H2,1H3;2-6H,7H2,1H3,(H,12,13,15);2-6H,7H2,1H3;1-5H,10H2;1-3,6H,9H2. The Bertz CT molecular complexity index is 4800. The van der Waals surface area contributed by atoms with E-state index in [9.17, 15) is 43.2 Å². The molecular formula is C80H70ClN15O10. The Morgan fingerprint density at radius 1 is 0.500 bits per heavy atom. The van der Waals surface area contributed by atoms with Crippen LogP contribution in [0.15, 0.2) is 286 Å². The number of hydrazine groups is 1. The third-order valence-corrected chi connectivity index (χ3v) is 14.7. The number of amidine groups is 2. The number of nitrogens with two attached hydrogens (primary N) is 2. The first-order chi connectivity index (χ1) is 51.4. The SMILES string of the molecule is CC(=O)NC1=NN(c2ccccc2)C(=O)C1.CC1=NN(c2ccccc2)C(=O)C1.CCOC(=O)C1=NN(c2ccccc2)C(=O)C1.NC#CC(=O)c1ccccc1.NC#CC(=O)c1ccccn1.O=C1CC(=Nc2ccccc2Cl)NN1c1ccccc1.O=C1CC(c2ccccc2)=NN1c1ccccc1. The van der Waals surface area contributed by atoms with E-state index >= 15 is 0 Å². The summed E-state index contributed by atoms with van der Waals surface area (Å²) in [5.74, 6) is 3.73. The van der Waals surface area contributed by atoms with Crippen LogP contribution in [0.2, 0.25) is 5.02 Å². The van der Waals surface area contributed by atoms with E-state index in [2.05, 4.69) is 59.0 Å². The van der Waals surface area contributed by atoms with Gasteiger partial charge in [-0.05, 0) is 110 Å². The van der Waals surface area contributed by atoms with Crippen molar-refractivity contribution in [3.63, 3.8) is 0 Å². The number of nitrogens with zero attached hydrogens (tertiary/aromatic N) is 11. The van der Waals surface area contributed by atoms with Gasteiger partial charge in [0, 0.05) is 42.4 Å². The normalized spacial score (nSPS) is 13.9. The Hall–Kier alpha value is -14.3. The molecule has 14 rings (SSSR count). The monoisotopic (exact) mass is 1440 g/mol. The zero-order valence-electron chi connectivity index (χ0n) is 57.6. The Morgan fingerprint density at radius 2 is 0.943 bits per heavy atom. The molecule has 26 heteroatoms. The first kappa shape index (κ1) is 77.4. The fourth-order valence-corrected chi connectivity index (χ4v) is 9.84. The summed E-state index contributed by atoms with van der Waals surface area (Å²) in [6.45, 7) is 5.24. The predicted octanol–water partition coefficient (Wildman–Crippen LogP) is 11.1. The van der Waals surface area contributed by atoms with Crippen LogP contribution < -0.4 is 47.3 Å². The number of anilines is 5. The number of aliphatic imine (C=N–C) groups is 1. The molecule has 0 saturated carbocycles. The Morgan fingerprint density at radius 3 is 1.43 bits per heavy atom. The van der Waals surface area contributed by atoms with E-state index < -0.39 is 5.97 Å². The number of amides is 6. The molecule has 5 aliphatic heterocycles. The smallest absolute Gasteiger partial charge is 0.355 e. The average molecular weight is 1440 g/mol. The van der Waals surface area contributed by atoms with Gasteiger partial charge in [0.25, 0.3) is 35.3 Å². The lowest BCUT2D eigenvalue weighted by Crippen LogP contribution is -2.35. The van der Waals surface area contributed by atoms with Gasteiger partial charge in [-0.25, -0.2) is 24.8 Å². The van der Waals surface area contributed by atoms with Gasteiger partial charge < -0.3 is 21.5 Å². The van der Waals surface area contributed by atoms with E-state index in [-0.39, 0.29) is 78.6 Å². The summed E-state index contributed by atoms with van der Waals surface area (Å²) < 4.78 is 4.81. The highest BCUT2D eigenvalue weighted by atomic mass is 35.5. The molecule has 0 bridgehead atoms. The minimum absolute atomic E-state index is 0.00622. The Labute approximate surface area is 616 Å². The second-order valence-corrected chi connectivity index (χ2v) is 22.7. The van der Waals surface area contributed by atoms with Gasteiger partial charge in [0.1, 0.15) is 17.4 Å². The number of carbonyl (C=O) groups is 9. The van der Waals surface area contributed by atoms with E-state index in [4.69, 9.17) is 27.8 Å². The van der Waals surface area contributed by atoms with Crippen molar-refractivity contribution < 1.29 is 47.9 Å². The topological polar surface area (TPSA) is 330 Å². The summed E-state index contributed by atoms with van der Waals surface area (Å²) in [6.07, 6.45) is 2.70. The lowest BCUT2D eigenvalue weighted by molar-refractivity contribution is -0.135. The van der Waals surface area contributed by atoms with Crippen LogP contribution in [0.5, 0.6) is 0 Å². The van der Waals surface area contributed by atoms with Crippen LogP contribution in [-0.4, -0.2) is 93.4 Å². The summed E-state index contributed by atoms with van der Waals surface area (Å²) in [6, 6.07) is 81.5. The lowest BCUT2D eigenvalue weighted by atomic mass is 10.1. The molecule has 6 N–H and O–H groups in total. The third kappa shape index (κ3) is 23.4. The zero-order chi connectivity index (χ0) is 75.6. The van der Waals surface area contributed by atoms with E-state index in [0.717, 1.165) is 34.0 Å². The number of ketones is 2. The number of para-hydroxylation sites is 6. The van der Waals surface area contributed by atoms with Crippen molar-refractivity contribution in [2.45, 2.75) is 52.9 Å². The summed E-state index contributed by atoms with van der Waals surface area (Å²) >= 11 is 6.06. The Balaban J connectivity index is 0.000000158. The highest BCUT2D eigenvalue weighted by molar-refractivity contribution is 6.42. The molecule has 0 radical (unpaired) electrons. The number of rotatable bonds is 11. The fourth-order valence-electron chi connectivity index (χ4n) is 9.66. The Kier molecular flexibility index (Phi) is 29.4. The predicted molar refractivity (Wildman–Crippen MR) is 409 cm³/mol. The number of hydrogen-bond acceptors (Lipinski definition) is 18. The minimum Gasteiger partial charge on any atom is -0.461 e. The summed E-state index contributed by atoms with van der Waals surface area (Å²) in [5.41, 5.74) is 20.9. The van der Waals surface area contributed by atoms with Crippen LogP contribution in [0.25, 0.3) is 0 Å². The van der Waals surface area contributed by atoms with E-state index in [0.29, 0.717) is 57.9 Å². The molecule has 532 valence electrons. The zero-order valence-corrected chi connectivity index (χ0v) is 58.4. The van der Waals surface area contributed by atoms with Crippen LogP contribution in [0.1, 0.15) is 79.3 Å². The van der Waals surface area contributed by atoms with Gasteiger partial charge in [-0.1, -0.05) is 181 Å². The van der Waals surface area contributed by atoms with Crippen LogP contribution >= 0.6 is 11.6 Å². The number of Topliss-reactive ketones (excluding diaryl/α,β-unsaturated/α-hetero) is 2. The van der Waals surface area contributed by atoms with E-state index in [1.165, 1.54) is 38.2 Å². The molecule has 6 amide bonds. The largest absolute Gasteiger partial charge is 0.461 e. The number of benzene rings is 8. The summed E-state index contributed by atoms with van der Waals surface area (Å²) in [4.78, 5) is 111. The van der Waals surface area contributed by atoms with Crippen molar-refractivity contribution in [1.29, 1.82) is 0 Å². The summed E-state index contributed by atoms with van der Waals surface area (Å²) in [7, 11) is 0. The number of aromatic nitrogens is 1. The molecule has 1 fully saturated rings. The first-order valence-corrected chi connectivity index (χ1v) is 33.0. The van der Waals surface area contributed by atoms with Gasteiger partial charge in [0.05, 0.1) is 83.6 Å². The average Bonchev–Trinajstić information content (AvgIpc) is 1.44. The maximum absolute atomic E-state index is 12.0. The molecule has 6 heterocycles.